The number of aromatic nitrogens is 1. The number of rotatable bonds is 4. The Morgan fingerprint density at radius 3 is 2.71 bits per heavy atom. The van der Waals surface area contributed by atoms with E-state index in [-0.39, 0.29) is 24.3 Å². The van der Waals surface area contributed by atoms with Gasteiger partial charge in [-0.05, 0) is 13.0 Å². The Balaban J connectivity index is 3.33. The van der Waals surface area contributed by atoms with Crippen LogP contribution in [0, 0.1) is 0 Å². The third-order valence-electron chi connectivity index (χ3n) is 2.08. The average Bonchev–Trinajstić information content (AvgIpc) is 2.28. The van der Waals surface area contributed by atoms with Crippen LogP contribution >= 0.6 is 0 Å². The van der Waals surface area contributed by atoms with Crippen LogP contribution in [-0.2, 0) is 11.3 Å². The molecule has 0 aliphatic carbocycles. The van der Waals surface area contributed by atoms with E-state index >= 15 is 0 Å². The fourth-order valence-corrected chi connectivity index (χ4v) is 1.29. The smallest absolute Gasteiger partial charge is 0.340 e. The minimum absolute atomic E-state index is 0.0532. The van der Waals surface area contributed by atoms with E-state index < -0.39 is 23.6 Å². The van der Waals surface area contributed by atoms with Crippen molar-refractivity contribution in [3.8, 4) is 0 Å². The maximum Gasteiger partial charge on any atom is 0.340 e. The zero-order chi connectivity index (χ0) is 13.0. The first-order valence-electron chi connectivity index (χ1n) is 4.92. The van der Waals surface area contributed by atoms with E-state index in [2.05, 4.69) is 4.74 Å². The highest BCUT2D eigenvalue weighted by atomic mass is 19.3. The molecular weight excluding hydrogens is 234 g/mol. The molecule has 0 saturated carbocycles. The van der Waals surface area contributed by atoms with Crippen LogP contribution in [0.5, 0.6) is 0 Å². The summed E-state index contributed by atoms with van der Waals surface area (Å²) < 4.78 is 29.9. The first kappa shape index (κ1) is 13.3. The minimum atomic E-state index is -2.96. The molecule has 0 aromatic carbocycles. The Hall–Kier alpha value is -1.76. The topological polar surface area (TPSA) is 85.2 Å². The van der Waals surface area contributed by atoms with E-state index in [1.807, 2.05) is 4.98 Å². The molecule has 0 saturated heterocycles. The largest absolute Gasteiger partial charge is 0.462 e. The van der Waals surface area contributed by atoms with Crippen LogP contribution in [0.4, 0.5) is 8.78 Å². The maximum atomic E-state index is 12.6. The number of H-pyrrole nitrogens is 1. The lowest BCUT2D eigenvalue weighted by Gasteiger charge is -2.09. The van der Waals surface area contributed by atoms with Gasteiger partial charge in [0.2, 0.25) is 0 Å². The summed E-state index contributed by atoms with van der Waals surface area (Å²) in [6.07, 6.45) is -2.96. The molecule has 1 heterocycles. The van der Waals surface area contributed by atoms with E-state index in [9.17, 15) is 18.4 Å². The van der Waals surface area contributed by atoms with Crippen molar-refractivity contribution < 1.29 is 18.3 Å². The third-order valence-corrected chi connectivity index (χ3v) is 2.08. The number of aromatic amines is 1. The SMILES string of the molecule is CCOC(=O)c1cc(CN)c(=O)[nH]c1C(F)F. The molecule has 0 fully saturated rings. The van der Waals surface area contributed by atoms with Gasteiger partial charge in [0.1, 0.15) is 0 Å². The first-order chi connectivity index (χ1) is 8.01. The molecule has 0 unspecified atom stereocenters. The van der Waals surface area contributed by atoms with Crippen LogP contribution in [0.2, 0.25) is 0 Å². The second-order valence-corrected chi connectivity index (χ2v) is 3.18. The molecule has 7 heteroatoms. The van der Waals surface area contributed by atoms with Crippen LogP contribution in [-0.4, -0.2) is 17.6 Å². The number of ether oxygens (including phenoxy) is 1. The van der Waals surface area contributed by atoms with Gasteiger partial charge < -0.3 is 15.5 Å². The summed E-state index contributed by atoms with van der Waals surface area (Å²) in [5, 5.41) is 0. The van der Waals surface area contributed by atoms with Crippen molar-refractivity contribution in [3.05, 3.63) is 33.2 Å². The molecule has 0 bridgehead atoms. The Morgan fingerprint density at radius 1 is 1.59 bits per heavy atom. The molecule has 0 aliphatic rings. The molecule has 3 N–H and O–H groups in total. The van der Waals surface area contributed by atoms with Crippen molar-refractivity contribution in [2.24, 2.45) is 5.73 Å². The first-order valence-corrected chi connectivity index (χ1v) is 4.92. The van der Waals surface area contributed by atoms with E-state index in [4.69, 9.17) is 5.73 Å². The van der Waals surface area contributed by atoms with Gasteiger partial charge >= 0.3 is 5.97 Å². The summed E-state index contributed by atoms with van der Waals surface area (Å²) in [6, 6.07) is 1.04. The normalized spacial score (nSPS) is 10.6. The number of carbonyl (C=O) groups excluding carboxylic acids is 1. The van der Waals surface area contributed by atoms with E-state index in [0.717, 1.165) is 6.07 Å². The van der Waals surface area contributed by atoms with Gasteiger partial charge in [-0.1, -0.05) is 0 Å². The lowest BCUT2D eigenvalue weighted by Crippen LogP contribution is -2.22. The summed E-state index contributed by atoms with van der Waals surface area (Å²) in [5.41, 5.74) is 3.48. The van der Waals surface area contributed by atoms with Crippen molar-refractivity contribution in [2.45, 2.75) is 19.9 Å². The van der Waals surface area contributed by atoms with Gasteiger partial charge in [0.15, 0.2) is 0 Å². The molecule has 0 aliphatic heterocycles. The van der Waals surface area contributed by atoms with Crippen molar-refractivity contribution in [1.29, 1.82) is 0 Å². The van der Waals surface area contributed by atoms with Crippen molar-refractivity contribution >= 4 is 5.97 Å². The van der Waals surface area contributed by atoms with Crippen molar-refractivity contribution in [2.75, 3.05) is 6.61 Å². The second-order valence-electron chi connectivity index (χ2n) is 3.18. The fraction of sp³-hybridized carbons (Fsp3) is 0.400. The van der Waals surface area contributed by atoms with E-state index in [1.165, 1.54) is 0 Å². The van der Waals surface area contributed by atoms with Gasteiger partial charge in [-0.15, -0.1) is 0 Å². The van der Waals surface area contributed by atoms with Crippen LogP contribution in [0.1, 0.15) is 35.0 Å². The molecular formula is C10H12F2N2O3. The lowest BCUT2D eigenvalue weighted by molar-refractivity contribution is 0.0513. The van der Waals surface area contributed by atoms with Crippen LogP contribution in [0.3, 0.4) is 0 Å². The van der Waals surface area contributed by atoms with E-state index in [0.29, 0.717) is 0 Å². The number of nitrogens with two attached hydrogens (primary N) is 1. The molecule has 0 radical (unpaired) electrons. The van der Waals surface area contributed by atoms with Gasteiger partial charge in [0.25, 0.3) is 12.0 Å². The summed E-state index contributed by atoms with van der Waals surface area (Å²) in [5.74, 6) is -0.909. The van der Waals surface area contributed by atoms with Crippen molar-refractivity contribution in [3.63, 3.8) is 0 Å². The number of pyridine rings is 1. The molecule has 1 aromatic heterocycles. The summed E-state index contributed by atoms with van der Waals surface area (Å²) >= 11 is 0. The van der Waals surface area contributed by atoms with Gasteiger partial charge in [-0.2, -0.15) is 0 Å². The molecule has 0 spiro atoms. The Bertz CT molecular complexity index is 471. The standard InChI is InChI=1S/C10H12F2N2O3/c1-2-17-10(16)6-3-5(4-13)9(15)14-7(6)8(11)12/h3,8H,2,4,13H2,1H3,(H,14,15). The zero-order valence-electron chi connectivity index (χ0n) is 9.13. The lowest BCUT2D eigenvalue weighted by atomic mass is 10.1. The average molecular weight is 246 g/mol. The van der Waals surface area contributed by atoms with Gasteiger partial charge in [0, 0.05) is 12.1 Å². The monoisotopic (exact) mass is 246 g/mol. The number of halogens is 2. The highest BCUT2D eigenvalue weighted by Crippen LogP contribution is 2.20. The number of carbonyl (C=O) groups is 1. The fourth-order valence-electron chi connectivity index (χ4n) is 1.29. The number of hydrogen-bond donors (Lipinski definition) is 2. The molecule has 1 rings (SSSR count). The molecule has 94 valence electrons. The van der Waals surface area contributed by atoms with Gasteiger partial charge in [-0.3, -0.25) is 4.79 Å². The quantitative estimate of drug-likeness (QED) is 0.774. The summed E-state index contributed by atoms with van der Waals surface area (Å²) in [4.78, 5) is 24.7. The maximum absolute atomic E-state index is 12.6. The Morgan fingerprint density at radius 2 is 2.24 bits per heavy atom. The highest BCUT2D eigenvalue weighted by Gasteiger charge is 2.21. The summed E-state index contributed by atoms with van der Waals surface area (Å²) in [6.45, 7) is 1.46. The molecule has 1 aromatic rings. The third kappa shape index (κ3) is 2.88. The number of hydrogen-bond acceptors (Lipinski definition) is 4. The Labute approximate surface area is 95.6 Å². The van der Waals surface area contributed by atoms with Crippen molar-refractivity contribution in [1.82, 2.24) is 4.98 Å². The minimum Gasteiger partial charge on any atom is -0.462 e. The van der Waals surface area contributed by atoms with E-state index in [1.54, 1.807) is 6.92 Å². The molecule has 0 amide bonds. The summed E-state index contributed by atoms with van der Waals surface area (Å²) in [7, 11) is 0. The molecule has 5 nitrogen and oxygen atoms in total. The second kappa shape index (κ2) is 5.53. The molecule has 17 heavy (non-hydrogen) atoms. The Kier molecular flexibility index (Phi) is 4.33. The predicted molar refractivity (Wildman–Crippen MR) is 55.9 cm³/mol. The number of alkyl halides is 2. The van der Waals surface area contributed by atoms with Crippen LogP contribution in [0.25, 0.3) is 0 Å². The van der Waals surface area contributed by atoms with Gasteiger partial charge in [-0.25, -0.2) is 13.6 Å². The highest BCUT2D eigenvalue weighted by molar-refractivity contribution is 5.90. The van der Waals surface area contributed by atoms with Crippen LogP contribution < -0.4 is 11.3 Å². The van der Waals surface area contributed by atoms with Crippen LogP contribution in [0.15, 0.2) is 10.9 Å². The predicted octanol–water partition coefficient (Wildman–Crippen LogP) is 0.948. The zero-order valence-corrected chi connectivity index (χ0v) is 9.13. The van der Waals surface area contributed by atoms with Gasteiger partial charge in [0.05, 0.1) is 17.9 Å². The number of esters is 1. The molecule has 0 atom stereocenters. The number of nitrogens with one attached hydrogen (secondary N) is 1.